The van der Waals surface area contributed by atoms with E-state index in [-0.39, 0.29) is 18.1 Å². The van der Waals surface area contributed by atoms with Crippen LogP contribution in [-0.2, 0) is 4.74 Å². The van der Waals surface area contributed by atoms with Crippen molar-refractivity contribution in [3.8, 4) is 28.9 Å². The van der Waals surface area contributed by atoms with E-state index in [0.717, 1.165) is 0 Å². The molecular weight excluding hydrogens is 350 g/mol. The third-order valence-electron chi connectivity index (χ3n) is 3.26. The molecule has 0 unspecified atom stereocenters. The molecule has 0 atom stereocenters. The molecule has 0 N–H and O–H groups in total. The first-order chi connectivity index (χ1) is 13.2. The second kappa shape index (κ2) is 8.65. The number of pyridine rings is 1. The van der Waals surface area contributed by atoms with Crippen molar-refractivity contribution in [2.75, 3.05) is 13.2 Å². The summed E-state index contributed by atoms with van der Waals surface area (Å²) in [4.78, 5) is 32.4. The minimum Gasteiger partial charge on any atom is -0.474 e. The third-order valence-corrected chi connectivity index (χ3v) is 3.26. The molecular formula is C18H17N5O4. The summed E-state index contributed by atoms with van der Waals surface area (Å²) in [5.74, 6) is 0.875. The molecule has 138 valence electrons. The number of carbonyl (C=O) groups excluding carboxylic acids is 1. The van der Waals surface area contributed by atoms with Crippen LogP contribution in [0.4, 0.5) is 0 Å². The van der Waals surface area contributed by atoms with E-state index < -0.39 is 5.97 Å². The molecule has 0 saturated heterocycles. The van der Waals surface area contributed by atoms with Gasteiger partial charge in [-0.1, -0.05) is 0 Å². The van der Waals surface area contributed by atoms with Gasteiger partial charge in [0.25, 0.3) is 11.8 Å². The molecule has 0 aromatic carbocycles. The van der Waals surface area contributed by atoms with Gasteiger partial charge in [0.15, 0.2) is 5.82 Å². The highest BCUT2D eigenvalue weighted by molar-refractivity contribution is 5.88. The average molecular weight is 367 g/mol. The van der Waals surface area contributed by atoms with Crippen molar-refractivity contribution in [3.63, 3.8) is 0 Å². The Morgan fingerprint density at radius 1 is 0.926 bits per heavy atom. The zero-order chi connectivity index (χ0) is 19.1. The van der Waals surface area contributed by atoms with Gasteiger partial charge in [0, 0.05) is 36.5 Å². The van der Waals surface area contributed by atoms with Crippen LogP contribution in [0.2, 0.25) is 0 Å². The number of rotatable bonds is 7. The van der Waals surface area contributed by atoms with E-state index in [0.29, 0.717) is 29.6 Å². The Morgan fingerprint density at radius 3 is 2.37 bits per heavy atom. The minimum atomic E-state index is -0.467. The number of carbonyl (C=O) groups is 1. The number of esters is 1. The highest BCUT2D eigenvalue weighted by Crippen LogP contribution is 2.28. The van der Waals surface area contributed by atoms with Gasteiger partial charge in [-0.2, -0.15) is 0 Å². The SMILES string of the molecule is CCOC(=O)c1cnc(-c2cncc(Oc3nccnc3OCC)c2)nc1. The topological polar surface area (TPSA) is 109 Å². The first-order valence-electron chi connectivity index (χ1n) is 8.27. The van der Waals surface area contributed by atoms with Crippen LogP contribution >= 0.6 is 0 Å². The fourth-order valence-corrected chi connectivity index (χ4v) is 2.12. The summed E-state index contributed by atoms with van der Waals surface area (Å²) in [6.45, 7) is 4.31. The standard InChI is InChI=1S/C18H17N5O4/c1-3-25-16-17(21-6-5-20-16)27-14-7-12(8-19-11-14)15-22-9-13(10-23-15)18(24)26-4-2/h5-11H,3-4H2,1-2H3. The molecule has 0 aliphatic heterocycles. The van der Waals surface area contributed by atoms with Crippen LogP contribution in [0.1, 0.15) is 24.2 Å². The molecule has 27 heavy (non-hydrogen) atoms. The van der Waals surface area contributed by atoms with Gasteiger partial charge < -0.3 is 14.2 Å². The smallest absolute Gasteiger partial charge is 0.341 e. The Balaban J connectivity index is 1.81. The molecule has 0 saturated carbocycles. The van der Waals surface area contributed by atoms with E-state index in [4.69, 9.17) is 14.2 Å². The predicted molar refractivity (Wildman–Crippen MR) is 94.5 cm³/mol. The Hall–Kier alpha value is -3.62. The zero-order valence-electron chi connectivity index (χ0n) is 14.8. The van der Waals surface area contributed by atoms with Gasteiger partial charge in [0.1, 0.15) is 5.75 Å². The van der Waals surface area contributed by atoms with Crippen LogP contribution < -0.4 is 9.47 Å². The van der Waals surface area contributed by atoms with Crippen molar-refractivity contribution >= 4 is 5.97 Å². The van der Waals surface area contributed by atoms with Crippen LogP contribution in [0.5, 0.6) is 17.5 Å². The average Bonchev–Trinajstić information content (AvgIpc) is 2.70. The summed E-state index contributed by atoms with van der Waals surface area (Å²) in [6, 6.07) is 1.71. The molecule has 0 spiro atoms. The molecule has 3 aromatic heterocycles. The van der Waals surface area contributed by atoms with Crippen molar-refractivity contribution in [1.29, 1.82) is 0 Å². The van der Waals surface area contributed by atoms with Gasteiger partial charge in [-0.15, -0.1) is 0 Å². The zero-order valence-corrected chi connectivity index (χ0v) is 14.8. The summed E-state index contributed by atoms with van der Waals surface area (Å²) >= 11 is 0. The monoisotopic (exact) mass is 367 g/mol. The first-order valence-corrected chi connectivity index (χ1v) is 8.27. The lowest BCUT2D eigenvalue weighted by Crippen LogP contribution is -2.06. The van der Waals surface area contributed by atoms with E-state index in [2.05, 4.69) is 24.9 Å². The highest BCUT2D eigenvalue weighted by Gasteiger charge is 2.12. The van der Waals surface area contributed by atoms with Crippen LogP contribution in [0.3, 0.4) is 0 Å². The summed E-state index contributed by atoms with van der Waals surface area (Å²) < 4.78 is 16.0. The maximum absolute atomic E-state index is 11.7. The molecule has 0 aliphatic carbocycles. The molecule has 3 heterocycles. The molecule has 0 bridgehead atoms. The molecule has 9 nitrogen and oxygen atoms in total. The number of aromatic nitrogens is 5. The maximum atomic E-state index is 11.7. The number of hydrogen-bond donors (Lipinski definition) is 0. The normalized spacial score (nSPS) is 10.3. The minimum absolute atomic E-state index is 0.233. The number of nitrogens with zero attached hydrogens (tertiary/aromatic N) is 5. The second-order valence-corrected chi connectivity index (χ2v) is 5.13. The van der Waals surface area contributed by atoms with E-state index in [9.17, 15) is 4.79 Å². The van der Waals surface area contributed by atoms with E-state index in [1.54, 1.807) is 19.2 Å². The summed E-state index contributed by atoms with van der Waals surface area (Å²) in [5, 5.41) is 0. The van der Waals surface area contributed by atoms with Gasteiger partial charge in [-0.3, -0.25) is 4.98 Å². The molecule has 3 aromatic rings. The van der Waals surface area contributed by atoms with E-state index in [1.807, 2.05) is 6.92 Å². The van der Waals surface area contributed by atoms with Gasteiger partial charge in [0.05, 0.1) is 25.0 Å². The summed E-state index contributed by atoms with van der Waals surface area (Å²) in [5.41, 5.74) is 0.895. The van der Waals surface area contributed by atoms with Crippen LogP contribution in [0.25, 0.3) is 11.4 Å². The van der Waals surface area contributed by atoms with Crippen LogP contribution in [0.15, 0.2) is 43.2 Å². The molecule has 0 radical (unpaired) electrons. The largest absolute Gasteiger partial charge is 0.474 e. The van der Waals surface area contributed by atoms with Crippen molar-refractivity contribution in [1.82, 2.24) is 24.9 Å². The molecule has 3 rings (SSSR count). The van der Waals surface area contributed by atoms with Crippen molar-refractivity contribution < 1.29 is 19.0 Å². The van der Waals surface area contributed by atoms with Gasteiger partial charge >= 0.3 is 5.97 Å². The lowest BCUT2D eigenvalue weighted by atomic mass is 10.2. The number of ether oxygens (including phenoxy) is 3. The Labute approximate surface area is 155 Å². The van der Waals surface area contributed by atoms with Gasteiger partial charge in [-0.05, 0) is 19.9 Å². The fraction of sp³-hybridized carbons (Fsp3) is 0.222. The molecule has 0 amide bonds. The lowest BCUT2D eigenvalue weighted by Gasteiger charge is -2.09. The van der Waals surface area contributed by atoms with Crippen LogP contribution in [-0.4, -0.2) is 44.1 Å². The van der Waals surface area contributed by atoms with Crippen LogP contribution in [0, 0.1) is 0 Å². The van der Waals surface area contributed by atoms with E-state index >= 15 is 0 Å². The molecule has 0 fully saturated rings. The molecule has 9 heteroatoms. The third kappa shape index (κ3) is 4.51. The summed E-state index contributed by atoms with van der Waals surface area (Å²) in [7, 11) is 0. The van der Waals surface area contributed by atoms with Crippen molar-refractivity contribution in [2.24, 2.45) is 0 Å². The maximum Gasteiger partial charge on any atom is 0.341 e. The van der Waals surface area contributed by atoms with E-state index in [1.165, 1.54) is 31.0 Å². The number of hydrogen-bond acceptors (Lipinski definition) is 9. The van der Waals surface area contributed by atoms with Crippen molar-refractivity contribution in [2.45, 2.75) is 13.8 Å². The quantitative estimate of drug-likeness (QED) is 0.582. The Bertz CT molecular complexity index is 918. The summed E-state index contributed by atoms with van der Waals surface area (Å²) in [6.07, 6.45) is 8.96. The van der Waals surface area contributed by atoms with Gasteiger partial charge in [0.2, 0.25) is 0 Å². The predicted octanol–water partition coefficient (Wildman–Crippen LogP) is 2.70. The lowest BCUT2D eigenvalue weighted by molar-refractivity contribution is 0.0525. The fourth-order valence-electron chi connectivity index (χ4n) is 2.12. The Morgan fingerprint density at radius 2 is 1.67 bits per heavy atom. The van der Waals surface area contributed by atoms with Crippen molar-refractivity contribution in [3.05, 3.63) is 48.8 Å². The highest BCUT2D eigenvalue weighted by atomic mass is 16.5. The Kier molecular flexibility index (Phi) is 5.83. The first kappa shape index (κ1) is 18.2. The second-order valence-electron chi connectivity index (χ2n) is 5.13. The molecule has 0 aliphatic rings. The van der Waals surface area contributed by atoms with Gasteiger partial charge in [-0.25, -0.2) is 24.7 Å².